The van der Waals surface area contributed by atoms with E-state index in [1.807, 2.05) is 60.7 Å². The highest BCUT2D eigenvalue weighted by Crippen LogP contribution is 2.42. The molecule has 0 bridgehead atoms. The van der Waals surface area contributed by atoms with Gasteiger partial charge in [-0.3, -0.25) is 9.59 Å². The van der Waals surface area contributed by atoms with Crippen LogP contribution in [0.4, 0.5) is 0 Å². The van der Waals surface area contributed by atoms with E-state index in [2.05, 4.69) is 6.07 Å². The van der Waals surface area contributed by atoms with E-state index >= 15 is 0 Å². The van der Waals surface area contributed by atoms with Crippen molar-refractivity contribution in [1.82, 2.24) is 0 Å². The molecule has 152 valence electrons. The van der Waals surface area contributed by atoms with Crippen LogP contribution in [0.2, 0.25) is 0 Å². The predicted molar refractivity (Wildman–Crippen MR) is 110 cm³/mol. The Hall–Kier alpha value is -3.13. The second-order valence-electron chi connectivity index (χ2n) is 7.98. The van der Waals surface area contributed by atoms with Crippen LogP contribution in [0, 0.1) is 11.3 Å². The number of nitrogens with zero attached hydrogens (tertiary/aromatic N) is 1. The average molecular weight is 393 g/mol. The van der Waals surface area contributed by atoms with Crippen molar-refractivity contribution in [2.45, 2.75) is 51.0 Å². The number of hydrogen-bond donors (Lipinski definition) is 0. The van der Waals surface area contributed by atoms with Gasteiger partial charge in [0.1, 0.15) is 17.6 Å². The Morgan fingerprint density at radius 3 is 2.03 bits per heavy atom. The lowest BCUT2D eigenvalue weighted by atomic mass is 9.67. The molecule has 0 saturated carbocycles. The molecule has 0 spiro atoms. The van der Waals surface area contributed by atoms with Crippen LogP contribution in [0.15, 0.2) is 60.7 Å². The number of nitriles is 1. The van der Waals surface area contributed by atoms with Crippen LogP contribution in [0.25, 0.3) is 0 Å². The van der Waals surface area contributed by atoms with Gasteiger partial charge in [0.2, 0.25) is 0 Å². The topological polar surface area (TPSA) is 76.4 Å². The Morgan fingerprint density at radius 1 is 1.00 bits per heavy atom. The Morgan fingerprint density at radius 2 is 1.55 bits per heavy atom. The minimum absolute atomic E-state index is 0.0228. The molecule has 2 aromatic carbocycles. The summed E-state index contributed by atoms with van der Waals surface area (Å²) in [6.07, 6.45) is -0.0228. The molecule has 5 heteroatoms. The normalized spacial score (nSPS) is 14.2. The van der Waals surface area contributed by atoms with Crippen LogP contribution < -0.4 is 0 Å². The molecular formula is C24H27NO4. The molecule has 0 amide bonds. The van der Waals surface area contributed by atoms with Crippen molar-refractivity contribution >= 4 is 11.9 Å². The van der Waals surface area contributed by atoms with Gasteiger partial charge >= 0.3 is 11.9 Å². The quantitative estimate of drug-likeness (QED) is 0.646. The smallest absolute Gasteiger partial charge is 0.306 e. The van der Waals surface area contributed by atoms with Gasteiger partial charge in [0.15, 0.2) is 0 Å². The van der Waals surface area contributed by atoms with Crippen LogP contribution in [0.5, 0.6) is 0 Å². The first-order valence-electron chi connectivity index (χ1n) is 9.55. The molecule has 0 saturated heterocycles. The fraction of sp³-hybridized carbons (Fsp3) is 0.375. The van der Waals surface area contributed by atoms with E-state index in [1.54, 1.807) is 20.8 Å². The summed E-state index contributed by atoms with van der Waals surface area (Å²) in [7, 11) is 0. The molecule has 29 heavy (non-hydrogen) atoms. The second kappa shape index (κ2) is 9.38. The number of carbonyl (C=O) groups excluding carboxylic acids is 2. The van der Waals surface area contributed by atoms with Crippen LogP contribution >= 0.6 is 0 Å². The highest BCUT2D eigenvalue weighted by atomic mass is 16.6. The fourth-order valence-corrected chi connectivity index (χ4v) is 3.32. The van der Waals surface area contributed by atoms with Crippen molar-refractivity contribution < 1.29 is 19.1 Å². The first kappa shape index (κ1) is 22.2. The first-order chi connectivity index (χ1) is 13.7. The summed E-state index contributed by atoms with van der Waals surface area (Å²) in [5.74, 6) is -1.46. The maximum absolute atomic E-state index is 12.7. The third-order valence-corrected chi connectivity index (χ3v) is 4.58. The van der Waals surface area contributed by atoms with Crippen LogP contribution in [-0.2, 0) is 24.5 Å². The maximum Gasteiger partial charge on any atom is 0.306 e. The van der Waals surface area contributed by atoms with Crippen molar-refractivity contribution in [3.05, 3.63) is 71.8 Å². The molecule has 2 rings (SSSR count). The molecule has 0 aliphatic rings. The van der Waals surface area contributed by atoms with Gasteiger partial charge in [-0.15, -0.1) is 0 Å². The molecule has 0 aliphatic carbocycles. The van der Waals surface area contributed by atoms with Crippen LogP contribution in [-0.4, -0.2) is 24.1 Å². The number of benzene rings is 2. The molecule has 0 aromatic heterocycles. The number of hydrogen-bond acceptors (Lipinski definition) is 5. The van der Waals surface area contributed by atoms with Gasteiger partial charge < -0.3 is 9.47 Å². The zero-order chi connectivity index (χ0) is 21.5. The SMILES string of the molecule is CC(=O)OC[C@](C#N)(c1ccccc1)[C@@H](CC(=O)OC(C)(C)C)c1ccccc1. The van der Waals surface area contributed by atoms with E-state index in [-0.39, 0.29) is 13.0 Å². The number of carbonyl (C=O) groups is 2. The standard InChI is InChI=1S/C24H27NO4/c1-18(26)28-17-24(16-25,20-13-9-6-10-14-20)21(19-11-7-5-8-12-19)15-22(27)29-23(2,3)4/h5-14,21H,15,17H2,1-4H3/t21-,24+/m0/s1. The third kappa shape index (κ3) is 5.92. The summed E-state index contributed by atoms with van der Waals surface area (Å²) < 4.78 is 10.9. The summed E-state index contributed by atoms with van der Waals surface area (Å²) in [5.41, 5.74) is -0.404. The molecule has 0 unspecified atom stereocenters. The predicted octanol–water partition coefficient (Wildman–Crippen LogP) is 4.53. The van der Waals surface area contributed by atoms with Crippen molar-refractivity contribution in [3.63, 3.8) is 0 Å². The van der Waals surface area contributed by atoms with Crippen molar-refractivity contribution in [2.75, 3.05) is 6.61 Å². The van der Waals surface area contributed by atoms with Crippen LogP contribution in [0.1, 0.15) is 51.2 Å². The lowest BCUT2D eigenvalue weighted by Gasteiger charge is -2.35. The highest BCUT2D eigenvalue weighted by Gasteiger charge is 2.44. The minimum Gasteiger partial charge on any atom is -0.464 e. The average Bonchev–Trinajstić information content (AvgIpc) is 2.68. The lowest BCUT2D eigenvalue weighted by Crippen LogP contribution is -2.40. The first-order valence-corrected chi connectivity index (χ1v) is 9.55. The Balaban J connectivity index is 2.58. The van der Waals surface area contributed by atoms with Crippen molar-refractivity contribution in [1.29, 1.82) is 5.26 Å². The molecule has 0 fully saturated rings. The van der Waals surface area contributed by atoms with E-state index in [4.69, 9.17) is 9.47 Å². The van der Waals surface area contributed by atoms with Gasteiger partial charge in [0.25, 0.3) is 0 Å². The molecular weight excluding hydrogens is 366 g/mol. The Labute approximate surface area is 172 Å². The third-order valence-electron chi connectivity index (χ3n) is 4.58. The van der Waals surface area contributed by atoms with Crippen molar-refractivity contribution in [2.24, 2.45) is 0 Å². The summed E-state index contributed by atoms with van der Waals surface area (Å²) in [6.45, 7) is 6.55. The van der Waals surface area contributed by atoms with E-state index in [9.17, 15) is 14.9 Å². The largest absolute Gasteiger partial charge is 0.464 e. The summed E-state index contributed by atoms with van der Waals surface area (Å²) >= 11 is 0. The van der Waals surface area contributed by atoms with Gasteiger partial charge in [0.05, 0.1) is 12.5 Å². The zero-order valence-electron chi connectivity index (χ0n) is 17.3. The minimum atomic E-state index is -1.24. The lowest BCUT2D eigenvalue weighted by molar-refractivity contribution is -0.155. The number of ether oxygens (including phenoxy) is 2. The number of esters is 2. The second-order valence-corrected chi connectivity index (χ2v) is 7.98. The van der Waals surface area contributed by atoms with Crippen molar-refractivity contribution in [3.8, 4) is 6.07 Å². The van der Waals surface area contributed by atoms with E-state index in [0.717, 1.165) is 5.56 Å². The molecule has 0 aliphatic heterocycles. The maximum atomic E-state index is 12.7. The van der Waals surface area contributed by atoms with E-state index < -0.39 is 28.9 Å². The molecule has 0 N–H and O–H groups in total. The summed E-state index contributed by atoms with van der Waals surface area (Å²) in [6, 6.07) is 20.8. The van der Waals surface area contributed by atoms with Gasteiger partial charge in [0, 0.05) is 12.8 Å². The molecule has 2 aromatic rings. The van der Waals surface area contributed by atoms with Gasteiger partial charge in [-0.2, -0.15) is 5.26 Å². The molecule has 0 heterocycles. The summed E-state index contributed by atoms with van der Waals surface area (Å²) in [4.78, 5) is 24.3. The highest BCUT2D eigenvalue weighted by molar-refractivity contribution is 5.72. The molecule has 5 nitrogen and oxygen atoms in total. The van der Waals surface area contributed by atoms with Gasteiger partial charge in [-0.25, -0.2) is 0 Å². The number of rotatable bonds is 7. The van der Waals surface area contributed by atoms with Crippen LogP contribution in [0.3, 0.4) is 0 Å². The molecule has 2 atom stereocenters. The Bertz CT molecular complexity index is 865. The van der Waals surface area contributed by atoms with E-state index in [0.29, 0.717) is 5.56 Å². The van der Waals surface area contributed by atoms with Gasteiger partial charge in [-0.1, -0.05) is 60.7 Å². The zero-order valence-corrected chi connectivity index (χ0v) is 17.3. The van der Waals surface area contributed by atoms with Gasteiger partial charge in [-0.05, 0) is 31.9 Å². The monoisotopic (exact) mass is 393 g/mol. The Kier molecular flexibility index (Phi) is 7.17. The molecule has 0 radical (unpaired) electrons. The van der Waals surface area contributed by atoms with E-state index in [1.165, 1.54) is 6.92 Å². The summed E-state index contributed by atoms with van der Waals surface area (Å²) in [5, 5.41) is 10.3. The fourth-order valence-electron chi connectivity index (χ4n) is 3.32.